The van der Waals surface area contributed by atoms with Crippen molar-refractivity contribution in [1.29, 1.82) is 0 Å². The van der Waals surface area contributed by atoms with E-state index in [0.717, 1.165) is 0 Å². The summed E-state index contributed by atoms with van der Waals surface area (Å²) in [4.78, 5) is 32.7. The third-order valence-corrected chi connectivity index (χ3v) is 1.66. The largest absolute Gasteiger partial charge is 0.455 e. The number of rotatable bonds is 6. The first-order chi connectivity index (χ1) is 6.97. The highest BCUT2D eigenvalue weighted by Gasteiger charge is 2.12. The summed E-state index contributed by atoms with van der Waals surface area (Å²) >= 11 is 0. The van der Waals surface area contributed by atoms with Crippen molar-refractivity contribution in [3.8, 4) is 0 Å². The fraction of sp³-hybridized carbons (Fsp3) is 0.700. The van der Waals surface area contributed by atoms with Gasteiger partial charge in [-0.15, -0.1) is 0 Å². The zero-order chi connectivity index (χ0) is 11.8. The number of hydrogen-bond donors (Lipinski definition) is 0. The molecule has 0 saturated carbocycles. The van der Waals surface area contributed by atoms with Crippen LogP contribution in [0.5, 0.6) is 0 Å². The molecule has 0 N–H and O–H groups in total. The fourth-order valence-corrected chi connectivity index (χ4v) is 0.601. The molecule has 0 aromatic heterocycles. The van der Waals surface area contributed by atoms with Gasteiger partial charge in [-0.2, -0.15) is 0 Å². The standard InChI is InChI=1S/C10H16O5/c1-4-9(12)15-6-10(13)14-5-8(11)7(2)3/h7H,4-6H2,1-3H3. The highest BCUT2D eigenvalue weighted by atomic mass is 16.6. The monoisotopic (exact) mass is 216 g/mol. The minimum Gasteiger partial charge on any atom is -0.455 e. The SMILES string of the molecule is CCC(=O)OCC(=O)OCC(=O)C(C)C. The van der Waals surface area contributed by atoms with E-state index in [0.29, 0.717) is 0 Å². The van der Waals surface area contributed by atoms with Gasteiger partial charge < -0.3 is 9.47 Å². The van der Waals surface area contributed by atoms with E-state index in [1.807, 2.05) is 0 Å². The highest BCUT2D eigenvalue weighted by Crippen LogP contribution is 1.95. The van der Waals surface area contributed by atoms with Crippen molar-refractivity contribution < 1.29 is 23.9 Å². The molecule has 0 amide bonds. The average molecular weight is 216 g/mol. The molecule has 15 heavy (non-hydrogen) atoms. The second kappa shape index (κ2) is 6.98. The van der Waals surface area contributed by atoms with Crippen LogP contribution in [0.2, 0.25) is 0 Å². The molecule has 0 spiro atoms. The second-order valence-corrected chi connectivity index (χ2v) is 3.30. The van der Waals surface area contributed by atoms with E-state index < -0.39 is 18.5 Å². The predicted octanol–water partition coefficient (Wildman–Crippen LogP) is 0.708. The minimum atomic E-state index is -0.703. The molecule has 0 fully saturated rings. The van der Waals surface area contributed by atoms with E-state index in [9.17, 15) is 14.4 Å². The topological polar surface area (TPSA) is 69.7 Å². The van der Waals surface area contributed by atoms with Crippen LogP contribution in [0.1, 0.15) is 27.2 Å². The molecular formula is C10H16O5. The summed E-state index contributed by atoms with van der Waals surface area (Å²) in [7, 11) is 0. The van der Waals surface area contributed by atoms with Gasteiger partial charge in [0.25, 0.3) is 0 Å². The Balaban J connectivity index is 3.67. The molecule has 0 aliphatic rings. The van der Waals surface area contributed by atoms with E-state index >= 15 is 0 Å². The maximum atomic E-state index is 11.1. The Bertz CT molecular complexity index is 244. The van der Waals surface area contributed by atoms with Gasteiger partial charge in [0.2, 0.25) is 0 Å². The number of carbonyl (C=O) groups excluding carboxylic acids is 3. The highest BCUT2D eigenvalue weighted by molar-refractivity contribution is 5.84. The van der Waals surface area contributed by atoms with Crippen LogP contribution in [-0.2, 0) is 23.9 Å². The average Bonchev–Trinajstić information content (AvgIpc) is 2.21. The number of Topliss-reactive ketones (excluding diaryl/α,β-unsaturated/α-hetero) is 1. The Kier molecular flexibility index (Phi) is 6.33. The van der Waals surface area contributed by atoms with Gasteiger partial charge in [-0.25, -0.2) is 4.79 Å². The van der Waals surface area contributed by atoms with Crippen LogP contribution in [0.25, 0.3) is 0 Å². The fourth-order valence-electron chi connectivity index (χ4n) is 0.601. The third-order valence-electron chi connectivity index (χ3n) is 1.66. The van der Waals surface area contributed by atoms with Gasteiger partial charge in [-0.05, 0) is 0 Å². The van der Waals surface area contributed by atoms with Crippen molar-refractivity contribution in [3.63, 3.8) is 0 Å². The van der Waals surface area contributed by atoms with E-state index in [1.54, 1.807) is 20.8 Å². The van der Waals surface area contributed by atoms with Crippen LogP contribution >= 0.6 is 0 Å². The molecule has 0 saturated heterocycles. The van der Waals surface area contributed by atoms with Crippen LogP contribution in [-0.4, -0.2) is 30.9 Å². The Morgan fingerprint density at radius 1 is 1.00 bits per heavy atom. The summed E-state index contributed by atoms with van der Waals surface area (Å²) in [6.07, 6.45) is 0.207. The number of ether oxygens (including phenoxy) is 2. The minimum absolute atomic E-state index is 0.162. The predicted molar refractivity (Wildman–Crippen MR) is 52.1 cm³/mol. The van der Waals surface area contributed by atoms with Gasteiger partial charge >= 0.3 is 11.9 Å². The first kappa shape index (κ1) is 13.6. The molecule has 0 unspecified atom stereocenters. The molecular weight excluding hydrogens is 200 g/mol. The van der Waals surface area contributed by atoms with Crippen molar-refractivity contribution in [3.05, 3.63) is 0 Å². The van der Waals surface area contributed by atoms with Gasteiger partial charge in [0, 0.05) is 12.3 Å². The molecule has 86 valence electrons. The van der Waals surface area contributed by atoms with Crippen molar-refractivity contribution in [2.45, 2.75) is 27.2 Å². The molecule has 5 nitrogen and oxygen atoms in total. The number of hydrogen-bond acceptors (Lipinski definition) is 5. The smallest absolute Gasteiger partial charge is 0.344 e. The molecule has 0 radical (unpaired) electrons. The first-order valence-corrected chi connectivity index (χ1v) is 4.81. The lowest BCUT2D eigenvalue weighted by atomic mass is 10.1. The van der Waals surface area contributed by atoms with Gasteiger partial charge in [0.1, 0.15) is 6.61 Å². The zero-order valence-electron chi connectivity index (χ0n) is 9.24. The molecule has 0 aromatic carbocycles. The Labute approximate surface area is 88.7 Å². The van der Waals surface area contributed by atoms with Crippen molar-refractivity contribution in [2.24, 2.45) is 5.92 Å². The molecule has 0 aliphatic heterocycles. The molecule has 0 atom stereocenters. The van der Waals surface area contributed by atoms with E-state index in [1.165, 1.54) is 0 Å². The molecule has 0 aromatic rings. The summed E-state index contributed by atoms with van der Waals surface area (Å²) in [5, 5.41) is 0. The summed E-state index contributed by atoms with van der Waals surface area (Å²) in [5.74, 6) is -1.51. The van der Waals surface area contributed by atoms with Crippen molar-refractivity contribution in [1.82, 2.24) is 0 Å². The van der Waals surface area contributed by atoms with Crippen molar-refractivity contribution >= 4 is 17.7 Å². The quantitative estimate of drug-likeness (QED) is 0.611. The third kappa shape index (κ3) is 6.65. The van der Waals surface area contributed by atoms with Crippen LogP contribution in [0, 0.1) is 5.92 Å². The molecule has 0 rings (SSSR count). The lowest BCUT2D eigenvalue weighted by molar-refractivity contribution is -0.160. The van der Waals surface area contributed by atoms with Gasteiger partial charge in [0.15, 0.2) is 12.4 Å². The van der Waals surface area contributed by atoms with Gasteiger partial charge in [-0.3, -0.25) is 9.59 Å². The lowest BCUT2D eigenvalue weighted by Crippen LogP contribution is -2.21. The maximum absolute atomic E-state index is 11.1. The van der Waals surface area contributed by atoms with Gasteiger partial charge in [0.05, 0.1) is 0 Å². The Morgan fingerprint density at radius 3 is 2.00 bits per heavy atom. The zero-order valence-corrected chi connectivity index (χ0v) is 9.24. The summed E-state index contributed by atoms with van der Waals surface area (Å²) in [5.41, 5.74) is 0. The molecule has 0 aliphatic carbocycles. The van der Waals surface area contributed by atoms with Crippen molar-refractivity contribution in [2.75, 3.05) is 13.2 Å². The normalized spacial score (nSPS) is 9.87. The second-order valence-electron chi connectivity index (χ2n) is 3.30. The molecule has 0 heterocycles. The molecule has 5 heteroatoms. The number of carbonyl (C=O) groups is 3. The number of ketones is 1. The summed E-state index contributed by atoms with van der Waals surface area (Å²) in [6.45, 7) is 4.36. The Hall–Kier alpha value is -1.39. The van der Waals surface area contributed by atoms with E-state index in [4.69, 9.17) is 0 Å². The maximum Gasteiger partial charge on any atom is 0.344 e. The van der Waals surface area contributed by atoms with Gasteiger partial charge in [-0.1, -0.05) is 20.8 Å². The molecule has 0 bridgehead atoms. The van der Waals surface area contributed by atoms with Crippen LogP contribution in [0.4, 0.5) is 0 Å². The van der Waals surface area contributed by atoms with Crippen LogP contribution in [0.15, 0.2) is 0 Å². The lowest BCUT2D eigenvalue weighted by Gasteiger charge is -2.06. The Morgan fingerprint density at radius 2 is 1.53 bits per heavy atom. The van der Waals surface area contributed by atoms with E-state index in [-0.39, 0.29) is 24.7 Å². The summed E-state index contributed by atoms with van der Waals surface area (Å²) < 4.78 is 9.12. The van der Waals surface area contributed by atoms with Crippen LogP contribution < -0.4 is 0 Å². The summed E-state index contributed by atoms with van der Waals surface area (Å²) in [6, 6.07) is 0. The first-order valence-electron chi connectivity index (χ1n) is 4.81. The van der Waals surface area contributed by atoms with E-state index in [2.05, 4.69) is 9.47 Å². The van der Waals surface area contributed by atoms with Crippen LogP contribution in [0.3, 0.4) is 0 Å². The number of esters is 2.